The van der Waals surface area contributed by atoms with Crippen molar-refractivity contribution in [2.75, 3.05) is 11.9 Å². The van der Waals surface area contributed by atoms with Crippen LogP contribution < -0.4 is 10.1 Å². The summed E-state index contributed by atoms with van der Waals surface area (Å²) in [6, 6.07) is 12.9. The van der Waals surface area contributed by atoms with Crippen molar-refractivity contribution in [2.45, 2.75) is 18.7 Å². The third-order valence-corrected chi connectivity index (χ3v) is 3.46. The lowest BCUT2D eigenvalue weighted by atomic mass is 10.1. The van der Waals surface area contributed by atoms with Gasteiger partial charge in [0.05, 0.1) is 12.1 Å². The van der Waals surface area contributed by atoms with Crippen LogP contribution in [-0.4, -0.2) is 12.6 Å². The van der Waals surface area contributed by atoms with E-state index in [-0.39, 0.29) is 6.10 Å². The van der Waals surface area contributed by atoms with Crippen LogP contribution in [0.2, 0.25) is 0 Å². The molecule has 0 aromatic heterocycles. The summed E-state index contributed by atoms with van der Waals surface area (Å²) < 4.78 is 43.2. The van der Waals surface area contributed by atoms with Gasteiger partial charge in [0.25, 0.3) is 0 Å². The Hall–Kier alpha value is -2.17. The smallest absolute Gasteiger partial charge is 0.416 e. The van der Waals surface area contributed by atoms with Gasteiger partial charge in [-0.3, -0.25) is 0 Å². The lowest BCUT2D eigenvalue weighted by Crippen LogP contribution is -2.23. The van der Waals surface area contributed by atoms with Gasteiger partial charge in [0.15, 0.2) is 0 Å². The van der Waals surface area contributed by atoms with Gasteiger partial charge in [-0.2, -0.15) is 13.2 Å². The fourth-order valence-electron chi connectivity index (χ4n) is 2.38. The number of alkyl halides is 3. The summed E-state index contributed by atoms with van der Waals surface area (Å²) >= 11 is 0. The van der Waals surface area contributed by atoms with E-state index in [1.165, 1.54) is 12.1 Å². The highest BCUT2D eigenvalue weighted by atomic mass is 19.4. The summed E-state index contributed by atoms with van der Waals surface area (Å²) in [5.41, 5.74) is 1.18. The van der Waals surface area contributed by atoms with E-state index >= 15 is 0 Å². The van der Waals surface area contributed by atoms with Crippen LogP contribution in [0.3, 0.4) is 0 Å². The van der Waals surface area contributed by atoms with Gasteiger partial charge in [0, 0.05) is 12.1 Å². The predicted molar refractivity (Wildman–Crippen MR) is 74.5 cm³/mol. The van der Waals surface area contributed by atoms with Crippen molar-refractivity contribution in [1.82, 2.24) is 0 Å². The molecule has 0 aliphatic carbocycles. The highest BCUT2D eigenvalue weighted by Crippen LogP contribution is 2.30. The Morgan fingerprint density at radius 2 is 1.76 bits per heavy atom. The van der Waals surface area contributed by atoms with E-state index in [0.717, 1.165) is 29.9 Å². The Morgan fingerprint density at radius 1 is 1.05 bits per heavy atom. The molecule has 0 radical (unpaired) electrons. The summed E-state index contributed by atoms with van der Waals surface area (Å²) in [5.74, 6) is 0.886. The molecule has 1 aliphatic heterocycles. The molecule has 1 heterocycles. The average molecular weight is 293 g/mol. The molecule has 0 amide bonds. The number of benzene rings is 2. The highest BCUT2D eigenvalue weighted by molar-refractivity contribution is 5.46. The molecule has 1 aliphatic rings. The maximum absolute atomic E-state index is 12.5. The van der Waals surface area contributed by atoms with E-state index in [0.29, 0.717) is 12.2 Å². The second kappa shape index (κ2) is 5.31. The van der Waals surface area contributed by atoms with E-state index in [4.69, 9.17) is 4.74 Å². The van der Waals surface area contributed by atoms with Crippen molar-refractivity contribution >= 4 is 5.69 Å². The van der Waals surface area contributed by atoms with Gasteiger partial charge in [-0.1, -0.05) is 18.2 Å². The third-order valence-electron chi connectivity index (χ3n) is 3.46. The first-order chi connectivity index (χ1) is 10.0. The molecule has 0 saturated carbocycles. The zero-order chi connectivity index (χ0) is 14.9. The maximum Gasteiger partial charge on any atom is 0.416 e. The number of anilines is 1. The molecule has 5 heteroatoms. The predicted octanol–water partition coefficient (Wildman–Crippen LogP) is 4.12. The van der Waals surface area contributed by atoms with Gasteiger partial charge in [-0.25, -0.2) is 0 Å². The number of hydrogen-bond acceptors (Lipinski definition) is 2. The highest BCUT2D eigenvalue weighted by Gasteiger charge is 2.30. The molecule has 0 saturated heterocycles. The molecule has 0 bridgehead atoms. The molecule has 1 atom stereocenters. The molecule has 2 nitrogen and oxygen atoms in total. The zero-order valence-electron chi connectivity index (χ0n) is 11.2. The van der Waals surface area contributed by atoms with Crippen molar-refractivity contribution < 1.29 is 17.9 Å². The largest absolute Gasteiger partial charge is 0.488 e. The van der Waals surface area contributed by atoms with Crippen molar-refractivity contribution in [2.24, 2.45) is 0 Å². The SMILES string of the molecule is FC(F)(F)c1ccc(NCC2Cc3ccccc3O2)cc1. The van der Waals surface area contributed by atoms with Crippen LogP contribution in [0.1, 0.15) is 11.1 Å². The molecule has 1 unspecified atom stereocenters. The second-order valence-corrected chi connectivity index (χ2v) is 5.01. The summed E-state index contributed by atoms with van der Waals surface area (Å²) in [5, 5.41) is 3.11. The van der Waals surface area contributed by atoms with Gasteiger partial charge in [0.2, 0.25) is 0 Å². The first-order valence-corrected chi connectivity index (χ1v) is 6.68. The van der Waals surface area contributed by atoms with Gasteiger partial charge >= 0.3 is 6.18 Å². The summed E-state index contributed by atoms with van der Waals surface area (Å²) in [6.45, 7) is 0.556. The van der Waals surface area contributed by atoms with E-state index in [2.05, 4.69) is 5.32 Å². The fourth-order valence-corrected chi connectivity index (χ4v) is 2.38. The van der Waals surface area contributed by atoms with Crippen molar-refractivity contribution in [3.63, 3.8) is 0 Å². The molecular weight excluding hydrogens is 279 g/mol. The first kappa shape index (κ1) is 13.8. The van der Waals surface area contributed by atoms with Gasteiger partial charge in [-0.15, -0.1) is 0 Å². The van der Waals surface area contributed by atoms with Crippen LogP contribution in [0.4, 0.5) is 18.9 Å². The minimum absolute atomic E-state index is 0.00435. The number of fused-ring (bicyclic) bond motifs is 1. The molecule has 3 rings (SSSR count). The van der Waals surface area contributed by atoms with Gasteiger partial charge < -0.3 is 10.1 Å². The molecule has 110 valence electrons. The number of nitrogens with one attached hydrogen (secondary N) is 1. The first-order valence-electron chi connectivity index (χ1n) is 6.68. The van der Waals surface area contributed by atoms with Crippen molar-refractivity contribution in [3.8, 4) is 5.75 Å². The van der Waals surface area contributed by atoms with Crippen LogP contribution in [-0.2, 0) is 12.6 Å². The molecule has 0 fully saturated rings. The van der Waals surface area contributed by atoms with Gasteiger partial charge in [-0.05, 0) is 35.9 Å². The molecule has 21 heavy (non-hydrogen) atoms. The third kappa shape index (κ3) is 3.12. The van der Waals surface area contributed by atoms with E-state index < -0.39 is 11.7 Å². The molecule has 1 N–H and O–H groups in total. The zero-order valence-corrected chi connectivity index (χ0v) is 11.2. The molecule has 0 spiro atoms. The van der Waals surface area contributed by atoms with Gasteiger partial charge in [0.1, 0.15) is 11.9 Å². The van der Waals surface area contributed by atoms with Crippen LogP contribution in [0.25, 0.3) is 0 Å². The molecule has 2 aromatic rings. The normalized spacial score (nSPS) is 17.2. The number of halogens is 3. The molecular formula is C16H14F3NO. The van der Waals surface area contributed by atoms with E-state index in [1.54, 1.807) is 0 Å². The minimum atomic E-state index is -4.30. The van der Waals surface area contributed by atoms with Crippen LogP contribution >= 0.6 is 0 Å². The quantitative estimate of drug-likeness (QED) is 0.919. The average Bonchev–Trinajstić information content (AvgIpc) is 2.87. The summed E-state index contributed by atoms with van der Waals surface area (Å²) in [7, 11) is 0. The lowest BCUT2D eigenvalue weighted by molar-refractivity contribution is -0.137. The summed E-state index contributed by atoms with van der Waals surface area (Å²) in [4.78, 5) is 0. The summed E-state index contributed by atoms with van der Waals surface area (Å²) in [6.07, 6.45) is -3.48. The van der Waals surface area contributed by atoms with E-state index in [1.807, 2.05) is 24.3 Å². The van der Waals surface area contributed by atoms with Crippen LogP contribution in [0.15, 0.2) is 48.5 Å². The monoisotopic (exact) mass is 293 g/mol. The standard InChI is InChI=1S/C16H14F3NO/c17-16(18,19)12-5-7-13(8-6-12)20-10-14-9-11-3-1-2-4-15(11)21-14/h1-8,14,20H,9-10H2. The number of rotatable bonds is 3. The molecule has 2 aromatic carbocycles. The van der Waals surface area contributed by atoms with Crippen LogP contribution in [0, 0.1) is 0 Å². The Morgan fingerprint density at radius 3 is 2.43 bits per heavy atom. The Kier molecular flexibility index (Phi) is 3.49. The lowest BCUT2D eigenvalue weighted by Gasteiger charge is -2.13. The van der Waals surface area contributed by atoms with E-state index in [9.17, 15) is 13.2 Å². The Bertz CT molecular complexity index is 597. The van der Waals surface area contributed by atoms with Crippen molar-refractivity contribution in [1.29, 1.82) is 0 Å². The number of hydrogen-bond donors (Lipinski definition) is 1. The second-order valence-electron chi connectivity index (χ2n) is 5.01. The van der Waals surface area contributed by atoms with Crippen molar-refractivity contribution in [3.05, 3.63) is 59.7 Å². The van der Waals surface area contributed by atoms with Crippen LogP contribution in [0.5, 0.6) is 5.75 Å². The Balaban J connectivity index is 1.57. The maximum atomic E-state index is 12.5. The number of ether oxygens (including phenoxy) is 1. The topological polar surface area (TPSA) is 21.3 Å². The number of para-hydroxylation sites is 1. The minimum Gasteiger partial charge on any atom is -0.488 e. The fraction of sp³-hybridized carbons (Fsp3) is 0.250. The Labute approximate surface area is 120 Å².